The van der Waals surface area contributed by atoms with Crippen molar-refractivity contribution in [1.82, 2.24) is 0 Å². The van der Waals surface area contributed by atoms with Crippen molar-refractivity contribution in [3.8, 4) is 0 Å². The lowest BCUT2D eigenvalue weighted by molar-refractivity contribution is -0.165. The van der Waals surface area contributed by atoms with Crippen LogP contribution >= 0.6 is 0 Å². The fourth-order valence-electron chi connectivity index (χ4n) is 2.17. The molecule has 8 nitrogen and oxygen atoms in total. The van der Waals surface area contributed by atoms with Gasteiger partial charge in [0.05, 0.1) is 0 Å². The zero-order valence-electron chi connectivity index (χ0n) is 17.7. The molecule has 0 aliphatic carbocycles. The third-order valence-electron chi connectivity index (χ3n) is 3.85. The van der Waals surface area contributed by atoms with Crippen LogP contribution in [0.15, 0.2) is 36.5 Å². The van der Waals surface area contributed by atoms with Gasteiger partial charge in [0, 0.05) is 6.42 Å². The molecular weight excluding hydrogens is 392 g/mol. The predicted molar refractivity (Wildman–Crippen MR) is 114 cm³/mol. The summed E-state index contributed by atoms with van der Waals surface area (Å²) in [6, 6.07) is 0. The van der Waals surface area contributed by atoms with Gasteiger partial charge in [-0.25, -0.2) is 9.59 Å². The van der Waals surface area contributed by atoms with E-state index in [-0.39, 0.29) is 0 Å². The second kappa shape index (κ2) is 21.3. The summed E-state index contributed by atoms with van der Waals surface area (Å²) >= 11 is 0. The molecule has 0 aromatic rings. The first-order valence-electron chi connectivity index (χ1n) is 10.2. The van der Waals surface area contributed by atoms with Crippen molar-refractivity contribution in [2.75, 3.05) is 0 Å². The van der Waals surface area contributed by atoms with Crippen molar-refractivity contribution < 1.29 is 39.9 Å². The second-order valence-electron chi connectivity index (χ2n) is 6.56. The number of unbranched alkanes of at least 4 members (excludes halogenated alkanes) is 5. The SMILES string of the molecule is CC/C=C\C/C=C\C/C=C\CCCCCCCC(=O)O.O=C(O)C(O)C(O)C(=O)O. The normalized spacial score (nSPS) is 13.3. The topological polar surface area (TPSA) is 152 Å². The van der Waals surface area contributed by atoms with E-state index in [1.807, 2.05) is 0 Å². The maximum Gasteiger partial charge on any atom is 0.335 e. The van der Waals surface area contributed by atoms with Gasteiger partial charge in [-0.15, -0.1) is 0 Å². The van der Waals surface area contributed by atoms with E-state index in [1.165, 1.54) is 12.8 Å². The van der Waals surface area contributed by atoms with Crippen LogP contribution in [0, 0.1) is 0 Å². The predicted octanol–water partition coefficient (Wildman–Crippen LogP) is 3.54. The Morgan fingerprint density at radius 3 is 1.57 bits per heavy atom. The van der Waals surface area contributed by atoms with E-state index in [1.54, 1.807) is 0 Å². The molecule has 0 saturated carbocycles. The lowest BCUT2D eigenvalue weighted by Crippen LogP contribution is -2.39. The number of aliphatic carboxylic acids is 3. The number of carboxylic acid groups (broad SMARTS) is 3. The molecule has 0 bridgehead atoms. The van der Waals surface area contributed by atoms with E-state index >= 15 is 0 Å². The number of carbonyl (C=O) groups is 3. The van der Waals surface area contributed by atoms with E-state index in [0.29, 0.717) is 6.42 Å². The van der Waals surface area contributed by atoms with E-state index in [9.17, 15) is 14.4 Å². The van der Waals surface area contributed by atoms with Crippen LogP contribution in [0.5, 0.6) is 0 Å². The summed E-state index contributed by atoms with van der Waals surface area (Å²) in [6.45, 7) is 2.15. The average Bonchev–Trinajstić information content (AvgIpc) is 2.69. The minimum atomic E-state index is -2.27. The summed E-state index contributed by atoms with van der Waals surface area (Å²) in [5, 5.41) is 41.0. The highest BCUT2D eigenvalue weighted by molar-refractivity contribution is 5.83. The third kappa shape index (κ3) is 21.8. The molecule has 8 heteroatoms. The molecule has 0 aliphatic rings. The maximum absolute atomic E-state index is 10.3. The zero-order chi connectivity index (χ0) is 23.2. The van der Waals surface area contributed by atoms with Crippen molar-refractivity contribution in [2.24, 2.45) is 0 Å². The molecule has 0 amide bonds. The molecule has 0 rings (SSSR count). The number of allylic oxidation sites excluding steroid dienone is 6. The summed E-state index contributed by atoms with van der Waals surface area (Å²) in [5.41, 5.74) is 0. The lowest BCUT2D eigenvalue weighted by atomic mass is 10.1. The van der Waals surface area contributed by atoms with Crippen molar-refractivity contribution in [3.05, 3.63) is 36.5 Å². The van der Waals surface area contributed by atoms with Crippen LogP contribution in [0.1, 0.15) is 71.1 Å². The molecule has 0 fully saturated rings. The minimum absolute atomic E-state index is 0.319. The number of hydrogen-bond donors (Lipinski definition) is 5. The standard InChI is InChI=1S/C18H30O2.C4H6O6/c1-2-3-4-5-6-7-8-9-10-11-12-13-14-15-16-17-18(19)20;5-1(3(7)8)2(6)4(9)10/h3-4,6-7,9-10H,2,5,8,11-17H2,1H3,(H,19,20);1-2,5-6H,(H,7,8)(H,9,10)/b4-3-,7-6-,10-9-;. The Bertz CT molecular complexity index is 533. The Morgan fingerprint density at radius 2 is 1.10 bits per heavy atom. The van der Waals surface area contributed by atoms with Gasteiger partial charge >= 0.3 is 17.9 Å². The van der Waals surface area contributed by atoms with Gasteiger partial charge in [0.2, 0.25) is 0 Å². The number of rotatable bonds is 16. The van der Waals surface area contributed by atoms with Crippen molar-refractivity contribution in [1.29, 1.82) is 0 Å². The van der Waals surface area contributed by atoms with Crippen LogP contribution in [0.4, 0.5) is 0 Å². The number of carboxylic acids is 3. The maximum atomic E-state index is 10.3. The monoisotopic (exact) mass is 428 g/mol. The molecule has 2 atom stereocenters. The Labute approximate surface area is 178 Å². The fraction of sp³-hybridized carbons (Fsp3) is 0.591. The van der Waals surface area contributed by atoms with Crippen molar-refractivity contribution in [3.63, 3.8) is 0 Å². The highest BCUT2D eigenvalue weighted by Gasteiger charge is 2.29. The largest absolute Gasteiger partial charge is 0.481 e. The molecule has 0 aliphatic heterocycles. The molecule has 0 radical (unpaired) electrons. The molecule has 2 unspecified atom stereocenters. The summed E-state index contributed by atoms with van der Waals surface area (Å²) < 4.78 is 0. The molecule has 172 valence electrons. The Hall–Kier alpha value is -2.45. The van der Waals surface area contributed by atoms with Gasteiger partial charge in [-0.1, -0.05) is 62.6 Å². The number of aliphatic hydroxyl groups excluding tert-OH is 2. The fourth-order valence-corrected chi connectivity index (χ4v) is 2.17. The van der Waals surface area contributed by atoms with Gasteiger partial charge in [0.1, 0.15) is 0 Å². The molecule has 0 aromatic heterocycles. The van der Waals surface area contributed by atoms with Crippen LogP contribution in [0.3, 0.4) is 0 Å². The van der Waals surface area contributed by atoms with Gasteiger partial charge in [-0.2, -0.15) is 0 Å². The van der Waals surface area contributed by atoms with E-state index < -0.39 is 30.1 Å². The quantitative estimate of drug-likeness (QED) is 0.185. The van der Waals surface area contributed by atoms with E-state index in [0.717, 1.165) is 44.9 Å². The minimum Gasteiger partial charge on any atom is -0.481 e. The molecule has 30 heavy (non-hydrogen) atoms. The average molecular weight is 429 g/mol. The van der Waals surface area contributed by atoms with Crippen LogP contribution < -0.4 is 0 Å². The lowest BCUT2D eigenvalue weighted by Gasteiger charge is -2.07. The zero-order valence-corrected chi connectivity index (χ0v) is 17.7. The first-order valence-corrected chi connectivity index (χ1v) is 10.2. The van der Waals surface area contributed by atoms with Crippen LogP contribution in [-0.2, 0) is 14.4 Å². The first kappa shape index (κ1) is 29.7. The van der Waals surface area contributed by atoms with Gasteiger partial charge in [-0.3, -0.25) is 4.79 Å². The summed E-state index contributed by atoms with van der Waals surface area (Å²) in [5.74, 6) is -4.21. The third-order valence-corrected chi connectivity index (χ3v) is 3.85. The highest BCUT2D eigenvalue weighted by atomic mass is 16.4. The summed E-state index contributed by atoms with van der Waals surface area (Å²) in [4.78, 5) is 29.9. The van der Waals surface area contributed by atoms with Gasteiger partial charge in [-0.05, 0) is 38.5 Å². The molecule has 5 N–H and O–H groups in total. The Balaban J connectivity index is 0. The molecule has 0 saturated heterocycles. The van der Waals surface area contributed by atoms with Gasteiger partial charge < -0.3 is 25.5 Å². The highest BCUT2D eigenvalue weighted by Crippen LogP contribution is 2.07. The van der Waals surface area contributed by atoms with Gasteiger partial charge in [0.15, 0.2) is 12.2 Å². The van der Waals surface area contributed by atoms with E-state index in [2.05, 4.69) is 43.4 Å². The van der Waals surface area contributed by atoms with Gasteiger partial charge in [0.25, 0.3) is 0 Å². The number of aliphatic hydroxyl groups is 2. The molecule has 0 spiro atoms. The summed E-state index contributed by atoms with van der Waals surface area (Å²) in [7, 11) is 0. The Morgan fingerprint density at radius 1 is 0.667 bits per heavy atom. The van der Waals surface area contributed by atoms with Crippen molar-refractivity contribution >= 4 is 17.9 Å². The smallest absolute Gasteiger partial charge is 0.335 e. The molecular formula is C22H36O8. The van der Waals surface area contributed by atoms with Crippen LogP contribution in [0.25, 0.3) is 0 Å². The van der Waals surface area contributed by atoms with E-state index in [4.69, 9.17) is 25.5 Å². The van der Waals surface area contributed by atoms with Crippen LogP contribution in [0.2, 0.25) is 0 Å². The number of hydrogen-bond acceptors (Lipinski definition) is 5. The molecule has 0 heterocycles. The Kier molecular flexibility index (Phi) is 21.1. The van der Waals surface area contributed by atoms with Crippen molar-refractivity contribution in [2.45, 2.75) is 83.3 Å². The molecule has 0 aromatic carbocycles. The van der Waals surface area contributed by atoms with Crippen LogP contribution in [-0.4, -0.2) is 55.6 Å². The first-order chi connectivity index (χ1) is 14.2. The summed E-state index contributed by atoms with van der Waals surface area (Å²) in [6.07, 6.45) is 18.8. The second-order valence-corrected chi connectivity index (χ2v) is 6.56.